The summed E-state index contributed by atoms with van der Waals surface area (Å²) >= 11 is 6.20. The van der Waals surface area contributed by atoms with Crippen LogP contribution in [-0.4, -0.2) is 0 Å². The van der Waals surface area contributed by atoms with E-state index in [2.05, 4.69) is 38.1 Å². The van der Waals surface area contributed by atoms with Crippen LogP contribution in [0.3, 0.4) is 0 Å². The summed E-state index contributed by atoms with van der Waals surface area (Å²) in [5.41, 5.74) is 5.07. The van der Waals surface area contributed by atoms with E-state index in [-0.39, 0.29) is 0 Å². The van der Waals surface area contributed by atoms with Gasteiger partial charge in [-0.15, -0.1) is 0 Å². The van der Waals surface area contributed by atoms with Gasteiger partial charge in [-0.25, -0.2) is 0 Å². The van der Waals surface area contributed by atoms with E-state index in [0.717, 1.165) is 11.1 Å². The molecule has 1 nitrogen and oxygen atoms in total. The van der Waals surface area contributed by atoms with E-state index >= 15 is 0 Å². The average Bonchev–Trinajstić information content (AvgIpc) is 2.27. The van der Waals surface area contributed by atoms with Gasteiger partial charge in [-0.3, -0.25) is 0 Å². The standard InChI is InChI=1S/C15H12ClN/c1-10-5-11(2)7-13(6-10)14-4-3-12(9-17)8-15(14)16/h3-8H,1-2H3. The molecule has 0 saturated heterocycles. The summed E-state index contributed by atoms with van der Waals surface area (Å²) in [5.74, 6) is 0. The van der Waals surface area contributed by atoms with Crippen molar-refractivity contribution in [3.05, 3.63) is 58.1 Å². The summed E-state index contributed by atoms with van der Waals surface area (Å²) in [5, 5.41) is 9.42. The fourth-order valence-electron chi connectivity index (χ4n) is 1.95. The second-order valence-electron chi connectivity index (χ2n) is 4.18. The number of hydrogen-bond acceptors (Lipinski definition) is 1. The third-order valence-electron chi connectivity index (χ3n) is 2.63. The molecule has 0 bridgehead atoms. The predicted octanol–water partition coefficient (Wildman–Crippen LogP) is 4.50. The molecule has 2 aromatic rings. The highest BCUT2D eigenvalue weighted by Gasteiger charge is 2.05. The van der Waals surface area contributed by atoms with Crippen LogP contribution in [0.25, 0.3) is 11.1 Å². The molecule has 0 heterocycles. The minimum Gasteiger partial charge on any atom is -0.192 e. The van der Waals surface area contributed by atoms with Crippen molar-refractivity contribution in [1.29, 1.82) is 5.26 Å². The second-order valence-corrected chi connectivity index (χ2v) is 4.59. The zero-order valence-electron chi connectivity index (χ0n) is 9.79. The fraction of sp³-hybridized carbons (Fsp3) is 0.133. The maximum absolute atomic E-state index is 8.80. The van der Waals surface area contributed by atoms with Crippen molar-refractivity contribution in [1.82, 2.24) is 0 Å². The minimum absolute atomic E-state index is 0.586. The van der Waals surface area contributed by atoms with E-state index in [1.54, 1.807) is 12.1 Å². The normalized spacial score (nSPS) is 10.0. The van der Waals surface area contributed by atoms with Crippen LogP contribution in [0.5, 0.6) is 0 Å². The van der Waals surface area contributed by atoms with E-state index in [0.29, 0.717) is 10.6 Å². The van der Waals surface area contributed by atoms with Gasteiger partial charge in [0.1, 0.15) is 0 Å². The molecule has 0 radical (unpaired) electrons. The van der Waals surface area contributed by atoms with E-state index in [1.807, 2.05) is 6.07 Å². The topological polar surface area (TPSA) is 23.8 Å². The Morgan fingerprint density at radius 3 is 2.18 bits per heavy atom. The highest BCUT2D eigenvalue weighted by Crippen LogP contribution is 2.29. The monoisotopic (exact) mass is 241 g/mol. The van der Waals surface area contributed by atoms with Crippen molar-refractivity contribution in [3.8, 4) is 17.2 Å². The first kappa shape index (κ1) is 11.7. The second kappa shape index (κ2) is 4.61. The van der Waals surface area contributed by atoms with E-state index in [1.165, 1.54) is 11.1 Å². The predicted molar refractivity (Wildman–Crippen MR) is 71.1 cm³/mol. The first-order valence-corrected chi connectivity index (χ1v) is 5.76. The number of nitrogens with zero attached hydrogens (tertiary/aromatic N) is 1. The molecule has 0 fully saturated rings. The van der Waals surface area contributed by atoms with Gasteiger partial charge in [0.05, 0.1) is 11.6 Å². The minimum atomic E-state index is 0.586. The number of aryl methyl sites for hydroxylation is 2. The van der Waals surface area contributed by atoms with Crippen LogP contribution in [-0.2, 0) is 0 Å². The number of benzene rings is 2. The maximum Gasteiger partial charge on any atom is 0.0992 e. The molecule has 2 aromatic carbocycles. The maximum atomic E-state index is 8.80. The molecule has 0 aliphatic carbocycles. The van der Waals surface area contributed by atoms with Gasteiger partial charge >= 0.3 is 0 Å². The number of nitriles is 1. The van der Waals surface area contributed by atoms with E-state index in [4.69, 9.17) is 16.9 Å². The summed E-state index contributed by atoms with van der Waals surface area (Å²) in [7, 11) is 0. The third-order valence-corrected chi connectivity index (χ3v) is 2.94. The summed E-state index contributed by atoms with van der Waals surface area (Å²) in [6, 6.07) is 13.8. The Morgan fingerprint density at radius 1 is 1.00 bits per heavy atom. The van der Waals surface area contributed by atoms with Crippen molar-refractivity contribution in [2.45, 2.75) is 13.8 Å². The summed E-state index contributed by atoms with van der Waals surface area (Å²) < 4.78 is 0. The summed E-state index contributed by atoms with van der Waals surface area (Å²) in [6.45, 7) is 4.13. The zero-order valence-corrected chi connectivity index (χ0v) is 10.5. The summed E-state index contributed by atoms with van der Waals surface area (Å²) in [6.07, 6.45) is 0. The fourth-order valence-corrected chi connectivity index (χ4v) is 2.24. The Balaban J connectivity index is 2.57. The Morgan fingerprint density at radius 2 is 1.65 bits per heavy atom. The molecule has 0 unspecified atom stereocenters. The Bertz CT molecular complexity index is 589. The lowest BCUT2D eigenvalue weighted by Gasteiger charge is -2.07. The van der Waals surface area contributed by atoms with Crippen molar-refractivity contribution < 1.29 is 0 Å². The zero-order chi connectivity index (χ0) is 12.4. The van der Waals surface area contributed by atoms with Crippen LogP contribution in [0.15, 0.2) is 36.4 Å². The quantitative estimate of drug-likeness (QED) is 0.721. The molecule has 0 aromatic heterocycles. The molecule has 2 rings (SSSR count). The van der Waals surface area contributed by atoms with Gasteiger partial charge < -0.3 is 0 Å². The van der Waals surface area contributed by atoms with E-state index < -0.39 is 0 Å². The van der Waals surface area contributed by atoms with Gasteiger partial charge in [-0.2, -0.15) is 5.26 Å². The van der Waals surface area contributed by atoms with Crippen LogP contribution < -0.4 is 0 Å². The number of rotatable bonds is 1. The van der Waals surface area contributed by atoms with Crippen LogP contribution >= 0.6 is 11.6 Å². The molecular formula is C15H12ClN. The molecule has 0 aliphatic rings. The van der Waals surface area contributed by atoms with Gasteiger partial charge in [0.25, 0.3) is 0 Å². The van der Waals surface area contributed by atoms with Crippen LogP contribution in [0, 0.1) is 25.2 Å². The Kier molecular flexibility index (Phi) is 3.17. The molecule has 0 N–H and O–H groups in total. The lowest BCUT2D eigenvalue weighted by molar-refractivity contribution is 1.38. The molecule has 2 heteroatoms. The smallest absolute Gasteiger partial charge is 0.0992 e. The summed E-state index contributed by atoms with van der Waals surface area (Å²) in [4.78, 5) is 0. The number of halogens is 1. The third kappa shape index (κ3) is 2.49. The van der Waals surface area contributed by atoms with Crippen molar-refractivity contribution in [3.63, 3.8) is 0 Å². The SMILES string of the molecule is Cc1cc(C)cc(-c2ccc(C#N)cc2Cl)c1. The van der Waals surface area contributed by atoms with Crippen LogP contribution in [0.1, 0.15) is 16.7 Å². The van der Waals surface area contributed by atoms with Gasteiger partial charge in [0.15, 0.2) is 0 Å². The van der Waals surface area contributed by atoms with Crippen molar-refractivity contribution in [2.75, 3.05) is 0 Å². The van der Waals surface area contributed by atoms with Crippen molar-refractivity contribution >= 4 is 11.6 Å². The largest absolute Gasteiger partial charge is 0.192 e. The lowest BCUT2D eigenvalue weighted by atomic mass is 10.00. The Hall–Kier alpha value is -1.78. The first-order chi connectivity index (χ1) is 8.10. The molecule has 17 heavy (non-hydrogen) atoms. The molecule has 0 spiro atoms. The molecule has 0 aliphatic heterocycles. The van der Waals surface area contributed by atoms with Gasteiger partial charge in [0.2, 0.25) is 0 Å². The molecule has 0 atom stereocenters. The van der Waals surface area contributed by atoms with Gasteiger partial charge in [-0.1, -0.05) is 47.0 Å². The number of hydrogen-bond donors (Lipinski definition) is 0. The lowest BCUT2D eigenvalue weighted by Crippen LogP contribution is -1.85. The molecule has 84 valence electrons. The highest BCUT2D eigenvalue weighted by molar-refractivity contribution is 6.33. The van der Waals surface area contributed by atoms with Crippen LogP contribution in [0.2, 0.25) is 5.02 Å². The Labute approximate surface area is 106 Å². The molecular weight excluding hydrogens is 230 g/mol. The first-order valence-electron chi connectivity index (χ1n) is 5.38. The highest BCUT2D eigenvalue weighted by atomic mass is 35.5. The van der Waals surface area contributed by atoms with Gasteiger partial charge in [0, 0.05) is 10.6 Å². The van der Waals surface area contributed by atoms with Crippen molar-refractivity contribution in [2.24, 2.45) is 0 Å². The van der Waals surface area contributed by atoms with Gasteiger partial charge in [-0.05, 0) is 31.5 Å². The van der Waals surface area contributed by atoms with E-state index in [9.17, 15) is 0 Å². The average molecular weight is 242 g/mol. The molecule has 0 saturated carbocycles. The van der Waals surface area contributed by atoms with Crippen LogP contribution in [0.4, 0.5) is 0 Å². The molecule has 0 amide bonds.